The molecule has 0 saturated heterocycles. The Hall–Kier alpha value is -2.24. The quantitative estimate of drug-likeness (QED) is 0.608. The lowest BCUT2D eigenvalue weighted by Crippen LogP contribution is -1.98. The number of phenolic OH excluding ortho intramolecular Hbond substituents is 2. The van der Waals surface area contributed by atoms with Gasteiger partial charge in [-0.25, -0.2) is 17.6 Å². The standard InChI is InChI=1S/C12H6F4O2/c13-8-4-9(14)12(16)10(11(8)15)5-1-6(17)3-7(18)2-5/h1-4,17-18H. The van der Waals surface area contributed by atoms with Crippen molar-refractivity contribution in [3.63, 3.8) is 0 Å². The maximum atomic E-state index is 13.4. The number of hydrogen-bond acceptors (Lipinski definition) is 2. The molecule has 0 radical (unpaired) electrons. The molecule has 0 atom stereocenters. The van der Waals surface area contributed by atoms with Crippen LogP contribution in [0.3, 0.4) is 0 Å². The minimum absolute atomic E-state index is 0.0802. The Kier molecular flexibility index (Phi) is 2.86. The zero-order valence-corrected chi connectivity index (χ0v) is 8.72. The molecular weight excluding hydrogens is 252 g/mol. The number of halogens is 4. The molecule has 0 saturated carbocycles. The number of rotatable bonds is 1. The fourth-order valence-corrected chi connectivity index (χ4v) is 1.57. The van der Waals surface area contributed by atoms with Crippen molar-refractivity contribution < 1.29 is 27.8 Å². The van der Waals surface area contributed by atoms with Crippen molar-refractivity contribution >= 4 is 0 Å². The summed E-state index contributed by atoms with van der Waals surface area (Å²) in [6.45, 7) is 0. The molecule has 2 aromatic rings. The Morgan fingerprint density at radius 2 is 1.11 bits per heavy atom. The highest BCUT2D eigenvalue weighted by molar-refractivity contribution is 5.68. The second-order valence-electron chi connectivity index (χ2n) is 3.58. The first-order valence-corrected chi connectivity index (χ1v) is 4.76. The van der Waals surface area contributed by atoms with Crippen molar-refractivity contribution in [1.29, 1.82) is 0 Å². The van der Waals surface area contributed by atoms with Gasteiger partial charge in [-0.2, -0.15) is 0 Å². The van der Waals surface area contributed by atoms with E-state index >= 15 is 0 Å². The molecule has 0 fully saturated rings. The average molecular weight is 258 g/mol. The summed E-state index contributed by atoms with van der Waals surface area (Å²) in [6.07, 6.45) is 0. The van der Waals surface area contributed by atoms with Gasteiger partial charge in [0.25, 0.3) is 0 Å². The molecule has 0 spiro atoms. The van der Waals surface area contributed by atoms with E-state index in [0.717, 1.165) is 18.2 Å². The van der Waals surface area contributed by atoms with Crippen LogP contribution in [0.2, 0.25) is 0 Å². The molecule has 0 amide bonds. The van der Waals surface area contributed by atoms with E-state index in [0.29, 0.717) is 0 Å². The van der Waals surface area contributed by atoms with Gasteiger partial charge in [0, 0.05) is 12.1 Å². The van der Waals surface area contributed by atoms with E-state index in [1.54, 1.807) is 0 Å². The van der Waals surface area contributed by atoms with E-state index in [-0.39, 0.29) is 11.6 Å². The molecule has 0 aliphatic carbocycles. The predicted molar refractivity (Wildman–Crippen MR) is 55.0 cm³/mol. The molecule has 2 rings (SSSR count). The van der Waals surface area contributed by atoms with Gasteiger partial charge in [0.1, 0.15) is 11.5 Å². The SMILES string of the molecule is Oc1cc(O)cc(-c2c(F)c(F)cc(F)c2F)c1. The largest absolute Gasteiger partial charge is 0.508 e. The van der Waals surface area contributed by atoms with Crippen LogP contribution in [-0.4, -0.2) is 10.2 Å². The summed E-state index contributed by atoms with van der Waals surface area (Å²) in [7, 11) is 0. The van der Waals surface area contributed by atoms with Gasteiger partial charge in [-0.1, -0.05) is 0 Å². The van der Waals surface area contributed by atoms with Gasteiger partial charge in [-0.05, 0) is 17.7 Å². The Morgan fingerprint density at radius 1 is 0.667 bits per heavy atom. The zero-order valence-electron chi connectivity index (χ0n) is 8.72. The first-order valence-electron chi connectivity index (χ1n) is 4.76. The van der Waals surface area contributed by atoms with Crippen molar-refractivity contribution in [1.82, 2.24) is 0 Å². The predicted octanol–water partition coefficient (Wildman–Crippen LogP) is 3.32. The molecule has 94 valence electrons. The number of benzene rings is 2. The Balaban J connectivity index is 2.78. The fraction of sp³-hybridized carbons (Fsp3) is 0. The van der Waals surface area contributed by atoms with Crippen LogP contribution in [0.1, 0.15) is 0 Å². The van der Waals surface area contributed by atoms with Gasteiger partial charge >= 0.3 is 0 Å². The van der Waals surface area contributed by atoms with Crippen molar-refractivity contribution in [3.8, 4) is 22.6 Å². The van der Waals surface area contributed by atoms with Crippen LogP contribution in [0.25, 0.3) is 11.1 Å². The Labute approximate surface area is 98.7 Å². The maximum absolute atomic E-state index is 13.4. The summed E-state index contributed by atoms with van der Waals surface area (Å²) < 4.78 is 52.9. The normalized spacial score (nSPS) is 10.7. The van der Waals surface area contributed by atoms with Gasteiger partial charge in [0.2, 0.25) is 0 Å². The van der Waals surface area contributed by atoms with E-state index in [4.69, 9.17) is 0 Å². The third kappa shape index (κ3) is 1.97. The maximum Gasteiger partial charge on any atom is 0.169 e. The minimum atomic E-state index is -1.60. The first kappa shape index (κ1) is 12.2. The molecule has 18 heavy (non-hydrogen) atoms. The molecule has 0 aromatic heterocycles. The lowest BCUT2D eigenvalue weighted by atomic mass is 10.0. The topological polar surface area (TPSA) is 40.5 Å². The highest BCUT2D eigenvalue weighted by Gasteiger charge is 2.21. The van der Waals surface area contributed by atoms with E-state index in [1.807, 2.05) is 0 Å². The van der Waals surface area contributed by atoms with Gasteiger partial charge < -0.3 is 10.2 Å². The summed E-state index contributed by atoms with van der Waals surface area (Å²) in [4.78, 5) is 0. The molecule has 0 bridgehead atoms. The third-order valence-corrected chi connectivity index (χ3v) is 2.30. The fourth-order valence-electron chi connectivity index (χ4n) is 1.57. The van der Waals surface area contributed by atoms with Crippen molar-refractivity contribution in [2.75, 3.05) is 0 Å². The molecule has 2 nitrogen and oxygen atoms in total. The summed E-state index contributed by atoms with van der Waals surface area (Å²) in [5, 5.41) is 18.4. The summed E-state index contributed by atoms with van der Waals surface area (Å²) in [6, 6.07) is 2.74. The van der Waals surface area contributed by atoms with Crippen LogP contribution in [0.5, 0.6) is 11.5 Å². The van der Waals surface area contributed by atoms with E-state index in [9.17, 15) is 27.8 Å². The average Bonchev–Trinajstić information content (AvgIpc) is 2.25. The van der Waals surface area contributed by atoms with Gasteiger partial charge in [0.05, 0.1) is 5.56 Å². The monoisotopic (exact) mass is 258 g/mol. The van der Waals surface area contributed by atoms with E-state index in [1.165, 1.54) is 0 Å². The molecule has 6 heteroatoms. The van der Waals surface area contributed by atoms with Crippen molar-refractivity contribution in [2.24, 2.45) is 0 Å². The Bertz CT molecular complexity index is 579. The lowest BCUT2D eigenvalue weighted by Gasteiger charge is -2.08. The Morgan fingerprint density at radius 3 is 1.56 bits per heavy atom. The zero-order chi connectivity index (χ0) is 13.4. The van der Waals surface area contributed by atoms with E-state index in [2.05, 4.69) is 0 Å². The van der Waals surface area contributed by atoms with Gasteiger partial charge in [-0.15, -0.1) is 0 Å². The molecule has 0 heterocycles. The van der Waals surface area contributed by atoms with Crippen LogP contribution in [0.15, 0.2) is 24.3 Å². The summed E-state index contributed by atoms with van der Waals surface area (Å²) in [5.74, 6) is -7.31. The van der Waals surface area contributed by atoms with Gasteiger partial charge in [-0.3, -0.25) is 0 Å². The second kappa shape index (κ2) is 4.21. The molecule has 2 aromatic carbocycles. The molecule has 0 aliphatic rings. The number of hydrogen-bond donors (Lipinski definition) is 2. The minimum Gasteiger partial charge on any atom is -0.508 e. The van der Waals surface area contributed by atoms with Crippen LogP contribution in [0, 0.1) is 23.3 Å². The van der Waals surface area contributed by atoms with E-state index < -0.39 is 40.3 Å². The molecule has 2 N–H and O–H groups in total. The third-order valence-electron chi connectivity index (χ3n) is 2.30. The van der Waals surface area contributed by atoms with Crippen LogP contribution >= 0.6 is 0 Å². The van der Waals surface area contributed by atoms with Crippen LogP contribution < -0.4 is 0 Å². The molecule has 0 aliphatic heterocycles. The molecular formula is C12H6F4O2. The molecule has 0 unspecified atom stereocenters. The lowest BCUT2D eigenvalue weighted by molar-refractivity contribution is 0.448. The summed E-state index contributed by atoms with van der Waals surface area (Å²) in [5.41, 5.74) is -1.36. The van der Waals surface area contributed by atoms with Crippen molar-refractivity contribution in [2.45, 2.75) is 0 Å². The first-order chi connectivity index (χ1) is 8.40. The highest BCUT2D eigenvalue weighted by Crippen LogP contribution is 2.33. The highest BCUT2D eigenvalue weighted by atomic mass is 19.2. The van der Waals surface area contributed by atoms with Crippen LogP contribution in [-0.2, 0) is 0 Å². The second-order valence-corrected chi connectivity index (χ2v) is 3.58. The number of phenols is 2. The number of aromatic hydroxyl groups is 2. The summed E-state index contributed by atoms with van der Waals surface area (Å²) >= 11 is 0. The van der Waals surface area contributed by atoms with Crippen molar-refractivity contribution in [3.05, 3.63) is 47.5 Å². The van der Waals surface area contributed by atoms with Gasteiger partial charge in [0.15, 0.2) is 23.3 Å². The van der Waals surface area contributed by atoms with Crippen LogP contribution in [0.4, 0.5) is 17.6 Å². The smallest absolute Gasteiger partial charge is 0.169 e.